The second-order valence-electron chi connectivity index (χ2n) is 6.13. The zero-order valence-electron chi connectivity index (χ0n) is 14.6. The van der Waals surface area contributed by atoms with Crippen LogP contribution in [-0.2, 0) is 4.79 Å². The molecule has 2 aromatic rings. The summed E-state index contributed by atoms with van der Waals surface area (Å²) in [6, 6.07) is 8.43. The molecule has 0 bridgehead atoms. The summed E-state index contributed by atoms with van der Waals surface area (Å²) in [7, 11) is 1.45. The van der Waals surface area contributed by atoms with Crippen molar-refractivity contribution in [3.8, 4) is 5.75 Å². The molecular formula is C19H19ClFN3O3. The van der Waals surface area contributed by atoms with Gasteiger partial charge in [-0.05, 0) is 55.8 Å². The van der Waals surface area contributed by atoms with Crippen LogP contribution in [-0.4, -0.2) is 31.5 Å². The normalized spacial score (nSPS) is 16.0. The van der Waals surface area contributed by atoms with Gasteiger partial charge >= 0.3 is 0 Å². The second-order valence-corrected chi connectivity index (χ2v) is 6.57. The van der Waals surface area contributed by atoms with Crippen molar-refractivity contribution in [1.29, 1.82) is 0 Å². The molecule has 1 aliphatic rings. The molecule has 8 heteroatoms. The molecule has 1 unspecified atom stereocenters. The zero-order valence-corrected chi connectivity index (χ0v) is 15.4. The largest absolute Gasteiger partial charge is 0.495 e. The quantitative estimate of drug-likeness (QED) is 0.729. The van der Waals surface area contributed by atoms with Gasteiger partial charge in [0.05, 0.1) is 24.4 Å². The lowest BCUT2D eigenvalue weighted by atomic mass is 10.1. The molecule has 0 spiro atoms. The Morgan fingerprint density at radius 1 is 1.22 bits per heavy atom. The maximum atomic E-state index is 14.0. The van der Waals surface area contributed by atoms with E-state index in [4.69, 9.17) is 16.3 Å². The molecule has 3 rings (SSSR count). The van der Waals surface area contributed by atoms with E-state index < -0.39 is 11.7 Å². The van der Waals surface area contributed by atoms with E-state index in [1.807, 2.05) is 0 Å². The Morgan fingerprint density at radius 3 is 2.70 bits per heavy atom. The van der Waals surface area contributed by atoms with Crippen LogP contribution in [0.25, 0.3) is 0 Å². The third kappa shape index (κ3) is 4.56. The number of rotatable bonds is 5. The highest BCUT2D eigenvalue weighted by Gasteiger charge is 2.22. The molecule has 0 aliphatic carbocycles. The Bertz CT molecular complexity index is 869. The number of hydrogen-bond acceptors (Lipinski definition) is 4. The maximum Gasteiger partial charge on any atom is 0.258 e. The Balaban J connectivity index is 1.78. The predicted molar refractivity (Wildman–Crippen MR) is 102 cm³/mol. The number of benzene rings is 2. The van der Waals surface area contributed by atoms with E-state index in [1.165, 1.54) is 19.2 Å². The maximum absolute atomic E-state index is 14.0. The second kappa shape index (κ2) is 8.37. The van der Waals surface area contributed by atoms with Gasteiger partial charge in [-0.25, -0.2) is 4.39 Å². The first-order valence-electron chi connectivity index (χ1n) is 8.46. The molecule has 27 heavy (non-hydrogen) atoms. The monoisotopic (exact) mass is 391 g/mol. The van der Waals surface area contributed by atoms with Crippen LogP contribution in [0.15, 0.2) is 36.4 Å². The molecular weight excluding hydrogens is 373 g/mol. The van der Waals surface area contributed by atoms with Gasteiger partial charge in [0.2, 0.25) is 5.91 Å². The summed E-state index contributed by atoms with van der Waals surface area (Å²) in [6.07, 6.45) is 1.73. The Labute approximate surface area is 161 Å². The highest BCUT2D eigenvalue weighted by molar-refractivity contribution is 6.30. The van der Waals surface area contributed by atoms with E-state index in [9.17, 15) is 14.0 Å². The Kier molecular flexibility index (Phi) is 5.93. The summed E-state index contributed by atoms with van der Waals surface area (Å²) in [4.78, 5) is 24.7. The van der Waals surface area contributed by atoms with Crippen molar-refractivity contribution in [2.75, 3.05) is 24.3 Å². The SMILES string of the molecule is COc1ccc(NC(=O)C2CCCN2)cc1NC(=O)c1ccc(Cl)cc1F. The third-order valence-electron chi connectivity index (χ3n) is 4.27. The van der Waals surface area contributed by atoms with Crippen LogP contribution < -0.4 is 20.7 Å². The van der Waals surface area contributed by atoms with Gasteiger partial charge in [-0.3, -0.25) is 9.59 Å². The fourth-order valence-electron chi connectivity index (χ4n) is 2.88. The van der Waals surface area contributed by atoms with Gasteiger partial charge in [-0.2, -0.15) is 0 Å². The molecule has 0 radical (unpaired) electrons. The molecule has 1 heterocycles. The molecule has 1 fully saturated rings. The predicted octanol–water partition coefficient (Wildman–Crippen LogP) is 3.43. The molecule has 1 saturated heterocycles. The van der Waals surface area contributed by atoms with Crippen LogP contribution in [0.1, 0.15) is 23.2 Å². The van der Waals surface area contributed by atoms with Crippen molar-refractivity contribution < 1.29 is 18.7 Å². The molecule has 6 nitrogen and oxygen atoms in total. The smallest absolute Gasteiger partial charge is 0.258 e. The van der Waals surface area contributed by atoms with Gasteiger partial charge in [0.1, 0.15) is 11.6 Å². The lowest BCUT2D eigenvalue weighted by Gasteiger charge is -2.15. The summed E-state index contributed by atoms with van der Waals surface area (Å²) in [5.41, 5.74) is 0.668. The molecule has 0 saturated carbocycles. The van der Waals surface area contributed by atoms with Crippen LogP contribution in [0.2, 0.25) is 5.02 Å². The summed E-state index contributed by atoms with van der Waals surface area (Å²) in [5.74, 6) is -1.13. The number of carbonyl (C=O) groups excluding carboxylic acids is 2. The first kappa shape index (κ1) is 19.1. The van der Waals surface area contributed by atoms with Crippen LogP contribution in [0, 0.1) is 5.82 Å². The lowest BCUT2D eigenvalue weighted by Crippen LogP contribution is -2.35. The minimum atomic E-state index is -0.726. The number of anilines is 2. The van der Waals surface area contributed by atoms with E-state index in [0.717, 1.165) is 25.5 Å². The minimum absolute atomic E-state index is 0.140. The topological polar surface area (TPSA) is 79.5 Å². The first-order valence-corrected chi connectivity index (χ1v) is 8.84. The highest BCUT2D eigenvalue weighted by atomic mass is 35.5. The molecule has 2 amide bonds. The number of carbonyl (C=O) groups is 2. The molecule has 2 aromatic carbocycles. The highest BCUT2D eigenvalue weighted by Crippen LogP contribution is 2.29. The molecule has 1 atom stereocenters. The summed E-state index contributed by atoms with van der Waals surface area (Å²) >= 11 is 5.72. The number of halogens is 2. The van der Waals surface area contributed by atoms with Gasteiger partial charge in [0, 0.05) is 10.7 Å². The summed E-state index contributed by atoms with van der Waals surface area (Å²) in [6.45, 7) is 0.814. The van der Waals surface area contributed by atoms with Crippen molar-refractivity contribution in [3.63, 3.8) is 0 Å². The van der Waals surface area contributed by atoms with Crippen LogP contribution in [0.4, 0.5) is 15.8 Å². The minimum Gasteiger partial charge on any atom is -0.495 e. The average Bonchev–Trinajstić information content (AvgIpc) is 3.16. The van der Waals surface area contributed by atoms with Crippen LogP contribution in [0.5, 0.6) is 5.75 Å². The average molecular weight is 392 g/mol. The van der Waals surface area contributed by atoms with Gasteiger partial charge in [0.15, 0.2) is 0 Å². The third-order valence-corrected chi connectivity index (χ3v) is 4.50. The van der Waals surface area contributed by atoms with Gasteiger partial charge < -0.3 is 20.7 Å². The van der Waals surface area contributed by atoms with Crippen molar-refractivity contribution in [1.82, 2.24) is 5.32 Å². The number of methoxy groups -OCH3 is 1. The van der Waals surface area contributed by atoms with Gasteiger partial charge in [-0.15, -0.1) is 0 Å². The van der Waals surface area contributed by atoms with Gasteiger partial charge in [-0.1, -0.05) is 11.6 Å². The number of hydrogen-bond donors (Lipinski definition) is 3. The summed E-state index contributed by atoms with van der Waals surface area (Å²) in [5, 5.41) is 8.74. The van der Waals surface area contributed by atoms with Crippen molar-refractivity contribution in [2.24, 2.45) is 0 Å². The van der Waals surface area contributed by atoms with E-state index >= 15 is 0 Å². The van der Waals surface area contributed by atoms with E-state index in [2.05, 4.69) is 16.0 Å². The Morgan fingerprint density at radius 2 is 2.04 bits per heavy atom. The van der Waals surface area contributed by atoms with E-state index in [0.29, 0.717) is 17.1 Å². The van der Waals surface area contributed by atoms with Crippen molar-refractivity contribution >= 4 is 34.8 Å². The lowest BCUT2D eigenvalue weighted by molar-refractivity contribution is -0.117. The first-order chi connectivity index (χ1) is 13.0. The summed E-state index contributed by atoms with van der Waals surface area (Å²) < 4.78 is 19.2. The molecule has 0 aromatic heterocycles. The molecule has 3 N–H and O–H groups in total. The van der Waals surface area contributed by atoms with Crippen molar-refractivity contribution in [3.05, 3.63) is 52.8 Å². The fraction of sp³-hybridized carbons (Fsp3) is 0.263. The van der Waals surface area contributed by atoms with Crippen LogP contribution in [0.3, 0.4) is 0 Å². The van der Waals surface area contributed by atoms with E-state index in [1.54, 1.807) is 18.2 Å². The standard InChI is InChI=1S/C19H19ClFN3O3/c1-27-17-7-5-12(23-19(26)15-3-2-8-22-15)10-16(17)24-18(25)13-6-4-11(20)9-14(13)21/h4-7,9-10,15,22H,2-3,8H2,1H3,(H,23,26)(H,24,25). The number of ether oxygens (including phenoxy) is 1. The van der Waals surface area contributed by atoms with Crippen molar-refractivity contribution in [2.45, 2.75) is 18.9 Å². The van der Waals surface area contributed by atoms with Crippen LogP contribution >= 0.6 is 11.6 Å². The number of amides is 2. The zero-order chi connectivity index (χ0) is 19.4. The molecule has 1 aliphatic heterocycles. The van der Waals surface area contributed by atoms with E-state index in [-0.39, 0.29) is 22.5 Å². The molecule has 142 valence electrons. The fourth-order valence-corrected chi connectivity index (χ4v) is 3.04. The Hall–Kier alpha value is -2.64. The number of nitrogens with one attached hydrogen (secondary N) is 3. The van der Waals surface area contributed by atoms with Gasteiger partial charge in [0.25, 0.3) is 5.91 Å².